The minimum atomic E-state index is -1.33. The zero-order valence-electron chi connectivity index (χ0n) is 23.8. The first-order chi connectivity index (χ1) is 16.0. The van der Waals surface area contributed by atoms with Gasteiger partial charge in [-0.3, -0.25) is 0 Å². The van der Waals surface area contributed by atoms with Crippen molar-refractivity contribution in [2.75, 3.05) is 26.4 Å². The molecule has 2 saturated heterocycles. The van der Waals surface area contributed by atoms with E-state index in [1.165, 1.54) is 0 Å². The molecule has 0 amide bonds. The molecule has 0 aromatic rings. The van der Waals surface area contributed by atoms with Gasteiger partial charge in [-0.15, -0.1) is 0 Å². The predicted molar refractivity (Wildman–Crippen MR) is 142 cm³/mol. The Labute approximate surface area is 216 Å². The van der Waals surface area contributed by atoms with E-state index in [2.05, 4.69) is 69.2 Å². The van der Waals surface area contributed by atoms with E-state index in [0.29, 0.717) is 38.3 Å². The smallest absolute Gasteiger partial charge is 0.311 e. The molecule has 4 rings (SSSR count). The SMILES string of the molecule is CC1C(C)(C)CC(OP2OCC3(CO2)COP(OC2CC(C)(C)C(C)C(C)(C)C2)OC3)CC1(C)C. The summed E-state index contributed by atoms with van der Waals surface area (Å²) in [6.45, 7) is 25.7. The van der Waals surface area contributed by atoms with Crippen LogP contribution < -0.4 is 0 Å². The Morgan fingerprint density at radius 3 is 1.03 bits per heavy atom. The van der Waals surface area contributed by atoms with Gasteiger partial charge in [-0.1, -0.05) is 69.2 Å². The Bertz CT molecular complexity index is 636. The van der Waals surface area contributed by atoms with Crippen LogP contribution in [0.15, 0.2) is 0 Å². The zero-order chi connectivity index (χ0) is 25.9. The van der Waals surface area contributed by atoms with Gasteiger partial charge in [-0.05, 0) is 59.2 Å². The highest BCUT2D eigenvalue weighted by atomic mass is 31.2. The minimum absolute atomic E-state index is 0.170. The van der Waals surface area contributed by atoms with E-state index in [1.807, 2.05) is 0 Å². The lowest BCUT2D eigenvalue weighted by molar-refractivity contribution is -0.100. The summed E-state index contributed by atoms with van der Waals surface area (Å²) in [5.41, 5.74) is 0.677. The van der Waals surface area contributed by atoms with Crippen molar-refractivity contribution < 1.29 is 27.1 Å². The van der Waals surface area contributed by atoms with E-state index in [0.717, 1.165) is 25.7 Å². The minimum Gasteiger partial charge on any atom is -0.311 e. The van der Waals surface area contributed by atoms with Crippen LogP contribution >= 0.6 is 17.2 Å². The van der Waals surface area contributed by atoms with Crippen molar-refractivity contribution in [1.82, 2.24) is 0 Å². The van der Waals surface area contributed by atoms with Crippen molar-refractivity contribution in [3.05, 3.63) is 0 Å². The molecule has 4 aliphatic rings. The molecule has 0 atom stereocenters. The van der Waals surface area contributed by atoms with Crippen molar-refractivity contribution in [1.29, 1.82) is 0 Å². The molecule has 1 spiro atoms. The maximum atomic E-state index is 6.37. The molecule has 35 heavy (non-hydrogen) atoms. The van der Waals surface area contributed by atoms with E-state index < -0.39 is 17.2 Å². The van der Waals surface area contributed by atoms with E-state index >= 15 is 0 Å². The zero-order valence-corrected chi connectivity index (χ0v) is 25.6. The summed E-state index contributed by atoms with van der Waals surface area (Å²) in [6, 6.07) is 0. The molecular weight excluding hydrogens is 482 g/mol. The van der Waals surface area contributed by atoms with Crippen LogP contribution in [0.1, 0.15) is 94.9 Å². The molecule has 2 saturated carbocycles. The second kappa shape index (κ2) is 9.98. The largest absolute Gasteiger partial charge is 0.332 e. The van der Waals surface area contributed by atoms with Crippen LogP contribution in [0.3, 0.4) is 0 Å². The molecule has 2 aliphatic carbocycles. The molecule has 0 unspecified atom stereocenters. The Morgan fingerprint density at radius 2 is 0.771 bits per heavy atom. The molecule has 0 aromatic heterocycles. The lowest BCUT2D eigenvalue weighted by atomic mass is 9.57. The lowest BCUT2D eigenvalue weighted by Gasteiger charge is -2.51. The standard InChI is InChI=1S/C27H50O6P2/c1-19-23(3,4)11-21(12-24(19,5)6)32-34-28-15-27(16-29-34)17-30-35(31-18-27)33-22-13-25(7,8)20(2)26(9,10)14-22/h19-22H,11-18H2,1-10H3. The first-order valence-corrected chi connectivity index (χ1v) is 15.7. The molecule has 8 heteroatoms. The Kier molecular flexibility index (Phi) is 8.16. The highest BCUT2D eigenvalue weighted by molar-refractivity contribution is 7.42. The van der Waals surface area contributed by atoms with Crippen LogP contribution in [0.5, 0.6) is 0 Å². The van der Waals surface area contributed by atoms with Gasteiger partial charge >= 0.3 is 17.2 Å². The van der Waals surface area contributed by atoms with E-state index in [1.54, 1.807) is 0 Å². The molecule has 4 fully saturated rings. The predicted octanol–water partition coefficient (Wildman–Crippen LogP) is 8.26. The summed E-state index contributed by atoms with van der Waals surface area (Å²) in [4.78, 5) is 0. The Hall–Kier alpha value is 0.620. The first kappa shape index (κ1) is 28.6. The summed E-state index contributed by atoms with van der Waals surface area (Å²) in [7, 11) is -2.66. The van der Waals surface area contributed by atoms with Gasteiger partial charge in [0.15, 0.2) is 0 Å². The third-order valence-electron chi connectivity index (χ3n) is 10.1. The fraction of sp³-hybridized carbons (Fsp3) is 1.00. The summed E-state index contributed by atoms with van der Waals surface area (Å²) >= 11 is 0. The fourth-order valence-electron chi connectivity index (χ4n) is 6.91. The molecule has 6 nitrogen and oxygen atoms in total. The Morgan fingerprint density at radius 1 is 0.514 bits per heavy atom. The molecular formula is C27H50O6P2. The van der Waals surface area contributed by atoms with E-state index in [4.69, 9.17) is 27.1 Å². The number of hydrogen-bond acceptors (Lipinski definition) is 6. The van der Waals surface area contributed by atoms with E-state index in [-0.39, 0.29) is 39.3 Å². The van der Waals surface area contributed by atoms with Crippen LogP contribution in [-0.4, -0.2) is 38.6 Å². The quantitative estimate of drug-likeness (QED) is 0.340. The van der Waals surface area contributed by atoms with Crippen molar-refractivity contribution in [2.45, 2.75) is 107 Å². The third-order valence-corrected chi connectivity index (χ3v) is 12.4. The fourth-order valence-corrected chi connectivity index (χ4v) is 9.61. The molecule has 0 aromatic carbocycles. The second-order valence-electron chi connectivity index (χ2n) is 14.7. The van der Waals surface area contributed by atoms with Gasteiger partial charge in [0.1, 0.15) is 0 Å². The van der Waals surface area contributed by atoms with Crippen molar-refractivity contribution in [3.8, 4) is 0 Å². The second-order valence-corrected chi connectivity index (χ2v) is 17.1. The van der Waals surface area contributed by atoms with Crippen molar-refractivity contribution in [2.24, 2.45) is 38.9 Å². The van der Waals surface area contributed by atoms with Crippen LogP contribution in [0.4, 0.5) is 0 Å². The van der Waals surface area contributed by atoms with Gasteiger partial charge in [0.25, 0.3) is 0 Å². The van der Waals surface area contributed by atoms with Crippen LogP contribution in [0.2, 0.25) is 0 Å². The third kappa shape index (κ3) is 6.27. The molecule has 0 radical (unpaired) electrons. The Balaban J connectivity index is 1.24. The van der Waals surface area contributed by atoms with Gasteiger partial charge in [0.2, 0.25) is 0 Å². The average molecular weight is 533 g/mol. The van der Waals surface area contributed by atoms with E-state index in [9.17, 15) is 0 Å². The molecule has 0 bridgehead atoms. The summed E-state index contributed by atoms with van der Waals surface area (Å²) < 4.78 is 37.2. The van der Waals surface area contributed by atoms with Crippen molar-refractivity contribution >= 4 is 17.2 Å². The van der Waals surface area contributed by atoms with Crippen LogP contribution in [0, 0.1) is 38.9 Å². The molecule has 2 heterocycles. The first-order valence-electron chi connectivity index (χ1n) is 13.5. The topological polar surface area (TPSA) is 55.4 Å². The highest BCUT2D eigenvalue weighted by Crippen LogP contribution is 2.59. The van der Waals surface area contributed by atoms with Gasteiger partial charge < -0.3 is 27.1 Å². The maximum Gasteiger partial charge on any atom is 0.332 e. The molecule has 2 aliphatic heterocycles. The highest BCUT2D eigenvalue weighted by Gasteiger charge is 2.50. The van der Waals surface area contributed by atoms with Gasteiger partial charge in [-0.25, -0.2) is 0 Å². The average Bonchev–Trinajstić information content (AvgIpc) is 2.73. The van der Waals surface area contributed by atoms with Gasteiger partial charge in [0.05, 0.1) is 44.1 Å². The summed E-state index contributed by atoms with van der Waals surface area (Å²) in [5.74, 6) is 1.28. The summed E-state index contributed by atoms with van der Waals surface area (Å²) in [5, 5.41) is 0. The molecule has 204 valence electrons. The molecule has 0 N–H and O–H groups in total. The van der Waals surface area contributed by atoms with Gasteiger partial charge in [-0.2, -0.15) is 0 Å². The van der Waals surface area contributed by atoms with Crippen LogP contribution in [0.25, 0.3) is 0 Å². The summed E-state index contributed by atoms with van der Waals surface area (Å²) in [6.07, 6.45) is 4.49. The van der Waals surface area contributed by atoms with Gasteiger partial charge in [0, 0.05) is 0 Å². The lowest BCUT2D eigenvalue weighted by Crippen LogP contribution is -2.47. The van der Waals surface area contributed by atoms with Crippen LogP contribution in [-0.2, 0) is 27.1 Å². The number of rotatable bonds is 4. The maximum absolute atomic E-state index is 6.37. The monoisotopic (exact) mass is 532 g/mol. The van der Waals surface area contributed by atoms with Crippen molar-refractivity contribution in [3.63, 3.8) is 0 Å². The normalized spacial score (nSPS) is 44.7. The number of hydrogen-bond donors (Lipinski definition) is 0.